The molecule has 7 rings (SSSR count). The van der Waals surface area contributed by atoms with E-state index in [2.05, 4.69) is 34.2 Å². The molecule has 5 aromatic carbocycles. The Labute approximate surface area is 194 Å². The number of fused-ring (bicyclic) bond motifs is 6. The molecule has 0 spiro atoms. The lowest BCUT2D eigenvalue weighted by Crippen LogP contribution is -1.89. The number of nitrogens with one attached hydrogen (secondary N) is 2. The molecule has 0 aliphatic heterocycles. The van der Waals surface area contributed by atoms with Gasteiger partial charge in [0.05, 0.1) is 11.0 Å². The minimum atomic E-state index is 0.229. The predicted octanol–water partition coefficient (Wildman–Crippen LogP) is 7.70. The Bertz CT molecular complexity index is 1750. The second-order valence-corrected chi connectivity index (χ2v) is 8.69. The second-order valence-electron chi connectivity index (χ2n) is 8.69. The molecule has 4 N–H and O–H groups in total. The van der Waals surface area contributed by atoms with E-state index in [1.165, 1.54) is 0 Å². The fourth-order valence-electron chi connectivity index (χ4n) is 5.33. The summed E-state index contributed by atoms with van der Waals surface area (Å²) in [6.45, 7) is 0. The van der Waals surface area contributed by atoms with Gasteiger partial charge in [0.1, 0.15) is 11.5 Å². The smallest absolute Gasteiger partial charge is 0.116 e. The molecule has 162 valence electrons. The fraction of sp³-hybridized carbons (Fsp3) is 0. The third-order valence-corrected chi connectivity index (χ3v) is 6.68. The fourth-order valence-corrected chi connectivity index (χ4v) is 5.33. The molecule has 7 aromatic rings. The van der Waals surface area contributed by atoms with Gasteiger partial charge in [-0.05, 0) is 47.5 Å². The van der Waals surface area contributed by atoms with Crippen molar-refractivity contribution in [2.45, 2.75) is 0 Å². The van der Waals surface area contributed by atoms with Crippen molar-refractivity contribution < 1.29 is 10.2 Å². The lowest BCUT2D eigenvalue weighted by Gasteiger charge is -2.14. The van der Waals surface area contributed by atoms with E-state index in [0.717, 1.165) is 65.9 Å². The molecule has 0 unspecified atom stereocenters. The molecule has 4 heteroatoms. The van der Waals surface area contributed by atoms with Crippen molar-refractivity contribution in [2.75, 3.05) is 0 Å². The molecule has 0 saturated carbocycles. The summed E-state index contributed by atoms with van der Waals surface area (Å²) in [6.07, 6.45) is 0. The monoisotopic (exact) mass is 440 g/mol. The van der Waals surface area contributed by atoms with E-state index in [1.807, 2.05) is 60.7 Å². The molecule has 0 aliphatic carbocycles. The van der Waals surface area contributed by atoms with Gasteiger partial charge in [0.15, 0.2) is 0 Å². The van der Waals surface area contributed by atoms with Gasteiger partial charge in [-0.1, -0.05) is 60.7 Å². The molecule has 0 bridgehead atoms. The van der Waals surface area contributed by atoms with Crippen LogP contribution in [-0.4, -0.2) is 20.2 Å². The molecule has 0 amide bonds. The van der Waals surface area contributed by atoms with Crippen LogP contribution in [0.3, 0.4) is 0 Å². The van der Waals surface area contributed by atoms with Crippen molar-refractivity contribution in [3.05, 3.63) is 97.1 Å². The molecule has 34 heavy (non-hydrogen) atoms. The normalized spacial score (nSPS) is 11.8. The lowest BCUT2D eigenvalue weighted by atomic mass is 9.90. The first-order chi connectivity index (χ1) is 16.7. The molecule has 2 aromatic heterocycles. The number of H-pyrrole nitrogens is 2. The number of aromatic amines is 2. The first-order valence-corrected chi connectivity index (χ1v) is 11.2. The van der Waals surface area contributed by atoms with Gasteiger partial charge in [0.25, 0.3) is 0 Å². The second kappa shape index (κ2) is 6.90. The summed E-state index contributed by atoms with van der Waals surface area (Å²) in [6, 6.07) is 31.4. The van der Waals surface area contributed by atoms with E-state index >= 15 is 0 Å². The Kier molecular flexibility index (Phi) is 3.82. The van der Waals surface area contributed by atoms with Gasteiger partial charge in [0.2, 0.25) is 0 Å². The highest BCUT2D eigenvalue weighted by atomic mass is 16.3. The molecule has 0 aliphatic rings. The molecule has 0 radical (unpaired) electrons. The minimum absolute atomic E-state index is 0.229. The number of phenolic OH excluding ortho intramolecular Hbond substituents is 2. The summed E-state index contributed by atoms with van der Waals surface area (Å²) in [5.74, 6) is 0.457. The largest absolute Gasteiger partial charge is 0.508 e. The number of aromatic nitrogens is 2. The highest BCUT2D eigenvalue weighted by Gasteiger charge is 2.23. The van der Waals surface area contributed by atoms with Crippen molar-refractivity contribution in [3.8, 4) is 33.8 Å². The van der Waals surface area contributed by atoms with Crippen LogP contribution in [0.2, 0.25) is 0 Å². The minimum Gasteiger partial charge on any atom is -0.508 e. The van der Waals surface area contributed by atoms with Gasteiger partial charge in [-0.2, -0.15) is 0 Å². The molecular weight excluding hydrogens is 420 g/mol. The average molecular weight is 441 g/mol. The average Bonchev–Trinajstić information content (AvgIpc) is 3.41. The Balaban J connectivity index is 1.82. The van der Waals surface area contributed by atoms with Crippen molar-refractivity contribution >= 4 is 43.6 Å². The van der Waals surface area contributed by atoms with Crippen LogP contribution >= 0.6 is 0 Å². The highest BCUT2D eigenvalue weighted by Crippen LogP contribution is 2.48. The van der Waals surface area contributed by atoms with E-state index in [1.54, 1.807) is 12.1 Å². The molecular formula is C30H20N2O2. The number of rotatable bonds is 2. The molecule has 0 atom stereocenters. The summed E-state index contributed by atoms with van der Waals surface area (Å²) in [5.41, 5.74) is 8.04. The molecule has 4 nitrogen and oxygen atoms in total. The van der Waals surface area contributed by atoms with Crippen LogP contribution in [0.1, 0.15) is 0 Å². The van der Waals surface area contributed by atoms with Crippen molar-refractivity contribution in [1.82, 2.24) is 9.97 Å². The Morgan fingerprint density at radius 3 is 1.35 bits per heavy atom. The topological polar surface area (TPSA) is 72.0 Å². The summed E-state index contributed by atoms with van der Waals surface area (Å²) >= 11 is 0. The van der Waals surface area contributed by atoms with Gasteiger partial charge in [-0.15, -0.1) is 0 Å². The third-order valence-electron chi connectivity index (χ3n) is 6.68. The maximum Gasteiger partial charge on any atom is 0.116 e. The quantitative estimate of drug-likeness (QED) is 0.222. The van der Waals surface area contributed by atoms with Crippen LogP contribution in [-0.2, 0) is 0 Å². The van der Waals surface area contributed by atoms with Crippen LogP contribution in [0, 0.1) is 0 Å². The zero-order chi connectivity index (χ0) is 22.8. The van der Waals surface area contributed by atoms with Gasteiger partial charge >= 0.3 is 0 Å². The third kappa shape index (κ3) is 2.60. The number of para-hydroxylation sites is 2. The first-order valence-electron chi connectivity index (χ1n) is 11.2. The van der Waals surface area contributed by atoms with Crippen molar-refractivity contribution in [1.29, 1.82) is 0 Å². The van der Waals surface area contributed by atoms with Crippen LogP contribution in [0.5, 0.6) is 11.5 Å². The Morgan fingerprint density at radius 1 is 0.471 bits per heavy atom. The number of phenols is 2. The summed E-state index contributed by atoms with van der Waals surface area (Å²) in [4.78, 5) is 7.36. The molecule has 0 fully saturated rings. The predicted molar refractivity (Wildman–Crippen MR) is 139 cm³/mol. The maximum atomic E-state index is 10.3. The molecule has 0 saturated heterocycles. The number of hydrogen-bond acceptors (Lipinski definition) is 2. The van der Waals surface area contributed by atoms with E-state index < -0.39 is 0 Å². The zero-order valence-electron chi connectivity index (χ0n) is 18.1. The van der Waals surface area contributed by atoms with E-state index in [4.69, 9.17) is 0 Å². The summed E-state index contributed by atoms with van der Waals surface area (Å²) < 4.78 is 0. The molecule has 2 heterocycles. The van der Waals surface area contributed by atoms with Gasteiger partial charge in [-0.3, -0.25) is 0 Å². The van der Waals surface area contributed by atoms with E-state index in [0.29, 0.717) is 0 Å². The Hall–Kier alpha value is -4.70. The SMILES string of the molecule is Oc1cccc(-c2c3[nH]c4ccccc4c3c(-c3cccc(O)c3)c3[nH]c4ccccc4c23)c1. The van der Waals surface area contributed by atoms with Crippen LogP contribution < -0.4 is 0 Å². The number of hydrogen-bond donors (Lipinski definition) is 4. The first kappa shape index (κ1) is 18.8. The van der Waals surface area contributed by atoms with Crippen LogP contribution in [0.15, 0.2) is 97.1 Å². The van der Waals surface area contributed by atoms with Crippen molar-refractivity contribution in [3.63, 3.8) is 0 Å². The summed E-state index contributed by atoms with van der Waals surface area (Å²) in [5, 5.41) is 25.1. The highest BCUT2D eigenvalue weighted by molar-refractivity contribution is 6.31. The van der Waals surface area contributed by atoms with Crippen LogP contribution in [0.25, 0.3) is 65.9 Å². The Morgan fingerprint density at radius 2 is 0.912 bits per heavy atom. The number of aromatic hydroxyl groups is 2. The van der Waals surface area contributed by atoms with Crippen LogP contribution in [0.4, 0.5) is 0 Å². The van der Waals surface area contributed by atoms with Crippen molar-refractivity contribution in [2.24, 2.45) is 0 Å². The summed E-state index contributed by atoms with van der Waals surface area (Å²) in [7, 11) is 0. The van der Waals surface area contributed by atoms with Gasteiger partial charge < -0.3 is 20.2 Å². The maximum absolute atomic E-state index is 10.3. The van der Waals surface area contributed by atoms with E-state index in [-0.39, 0.29) is 11.5 Å². The zero-order valence-corrected chi connectivity index (χ0v) is 18.1. The standard InChI is InChI=1S/C30H20N2O2/c33-19-9-5-7-17(15-19)25-27-21-11-1-3-13-23(21)31-29(27)26(18-8-6-10-20(34)16-18)28-22-12-2-4-14-24(22)32-30(25)28/h1-16,31-34H. The lowest BCUT2D eigenvalue weighted by molar-refractivity contribution is 0.475. The van der Waals surface area contributed by atoms with E-state index in [9.17, 15) is 10.2 Å². The van der Waals surface area contributed by atoms with Gasteiger partial charge in [0, 0.05) is 43.7 Å². The van der Waals surface area contributed by atoms with Gasteiger partial charge in [-0.25, -0.2) is 0 Å². The number of benzene rings is 5.